The van der Waals surface area contributed by atoms with Crippen molar-refractivity contribution in [1.82, 2.24) is 10.4 Å². The number of benzene rings is 2. The summed E-state index contributed by atoms with van der Waals surface area (Å²) < 4.78 is 0. The summed E-state index contributed by atoms with van der Waals surface area (Å²) in [5.41, 5.74) is 5.30. The maximum Gasteiger partial charge on any atom is 0.253 e. The molecule has 1 spiro atoms. The monoisotopic (exact) mass is 335 g/mol. The number of hydrogen-bond donors (Lipinski definition) is 1. The van der Waals surface area contributed by atoms with E-state index < -0.39 is 5.72 Å². The molecule has 2 heterocycles. The van der Waals surface area contributed by atoms with Gasteiger partial charge in [-0.1, -0.05) is 48.0 Å². The third-order valence-corrected chi connectivity index (χ3v) is 4.83. The van der Waals surface area contributed by atoms with Crippen molar-refractivity contribution in [3.05, 3.63) is 71.3 Å². The van der Waals surface area contributed by atoms with Crippen molar-refractivity contribution >= 4 is 11.7 Å². The molecule has 2 aliphatic heterocycles. The summed E-state index contributed by atoms with van der Waals surface area (Å²) >= 11 is 0. The number of piperidine rings is 1. The van der Waals surface area contributed by atoms with E-state index in [0.717, 1.165) is 22.5 Å². The number of likely N-dealkylation sites (tertiary alicyclic amines) is 1. The van der Waals surface area contributed by atoms with E-state index >= 15 is 0 Å². The van der Waals surface area contributed by atoms with Gasteiger partial charge in [-0.05, 0) is 19.1 Å². The molecule has 128 valence electrons. The van der Waals surface area contributed by atoms with Crippen molar-refractivity contribution in [2.24, 2.45) is 4.99 Å². The highest BCUT2D eigenvalue weighted by atomic mass is 16.7. The van der Waals surface area contributed by atoms with E-state index in [4.69, 9.17) is 9.83 Å². The number of hydroxylamine groups is 1. The van der Waals surface area contributed by atoms with Crippen LogP contribution >= 0.6 is 0 Å². The number of carbonyl (C=O) groups is 1. The Hall–Kier alpha value is -2.66. The second kappa shape index (κ2) is 6.33. The Morgan fingerprint density at radius 2 is 1.76 bits per heavy atom. The van der Waals surface area contributed by atoms with Gasteiger partial charge in [-0.3, -0.25) is 4.79 Å². The molecule has 1 saturated heterocycles. The third kappa shape index (κ3) is 3.15. The predicted octanol–water partition coefficient (Wildman–Crippen LogP) is 2.91. The van der Waals surface area contributed by atoms with E-state index in [9.17, 15) is 4.79 Å². The molecule has 0 unspecified atom stereocenters. The number of aryl methyl sites for hydroxylation is 1. The first kappa shape index (κ1) is 15.8. The molecule has 0 saturated carbocycles. The molecule has 0 aromatic heterocycles. The minimum Gasteiger partial charge on any atom is -0.338 e. The average molecular weight is 335 g/mol. The Morgan fingerprint density at radius 3 is 2.44 bits per heavy atom. The standard InChI is InChI=1S/C20H21N3O2/c1-15-7-9-17(10-8-15)19(24)23-13-11-20(12-14-23)21-18(22-25-20)16-5-3-2-4-6-16/h2-10H,11-14H2,1H3,(H,21,22). The second-order valence-corrected chi connectivity index (χ2v) is 6.63. The molecule has 1 fully saturated rings. The Balaban J connectivity index is 1.44. The maximum atomic E-state index is 12.6. The number of amidine groups is 1. The highest BCUT2D eigenvalue weighted by Crippen LogP contribution is 2.31. The first-order valence-corrected chi connectivity index (χ1v) is 8.60. The van der Waals surface area contributed by atoms with E-state index in [0.29, 0.717) is 25.9 Å². The molecule has 5 nitrogen and oxygen atoms in total. The fourth-order valence-electron chi connectivity index (χ4n) is 3.26. The summed E-state index contributed by atoms with van der Waals surface area (Å²) in [6, 6.07) is 17.7. The summed E-state index contributed by atoms with van der Waals surface area (Å²) in [4.78, 5) is 25.1. The van der Waals surface area contributed by atoms with Crippen molar-refractivity contribution in [3.8, 4) is 0 Å². The topological polar surface area (TPSA) is 53.9 Å². The molecule has 0 aliphatic carbocycles. The molecule has 25 heavy (non-hydrogen) atoms. The van der Waals surface area contributed by atoms with E-state index in [2.05, 4.69) is 5.48 Å². The smallest absolute Gasteiger partial charge is 0.253 e. The zero-order chi connectivity index (χ0) is 17.3. The van der Waals surface area contributed by atoms with Crippen LogP contribution in [0.25, 0.3) is 0 Å². The van der Waals surface area contributed by atoms with Gasteiger partial charge in [0.05, 0.1) is 0 Å². The Kier molecular flexibility index (Phi) is 4.01. The molecule has 2 aromatic carbocycles. The van der Waals surface area contributed by atoms with Gasteiger partial charge in [-0.15, -0.1) is 0 Å². The molecule has 0 radical (unpaired) electrons. The van der Waals surface area contributed by atoms with Crippen molar-refractivity contribution in [1.29, 1.82) is 0 Å². The molecular weight excluding hydrogens is 314 g/mol. The molecule has 1 N–H and O–H groups in total. The van der Waals surface area contributed by atoms with E-state index in [1.165, 1.54) is 0 Å². The maximum absolute atomic E-state index is 12.6. The number of nitrogens with one attached hydrogen (secondary N) is 1. The summed E-state index contributed by atoms with van der Waals surface area (Å²) in [6.45, 7) is 3.30. The summed E-state index contributed by atoms with van der Waals surface area (Å²) in [7, 11) is 0. The number of nitrogens with zero attached hydrogens (tertiary/aromatic N) is 2. The normalized spacial score (nSPS) is 18.8. The van der Waals surface area contributed by atoms with Crippen molar-refractivity contribution in [2.45, 2.75) is 25.5 Å². The minimum atomic E-state index is -0.560. The van der Waals surface area contributed by atoms with Gasteiger partial charge in [-0.25, -0.2) is 15.3 Å². The van der Waals surface area contributed by atoms with Crippen LogP contribution in [0.5, 0.6) is 0 Å². The number of amides is 1. The molecule has 0 bridgehead atoms. The van der Waals surface area contributed by atoms with Crippen LogP contribution in [0.1, 0.15) is 34.3 Å². The molecule has 2 aliphatic rings. The molecule has 0 atom stereocenters. The molecule has 4 rings (SSSR count). The summed E-state index contributed by atoms with van der Waals surface area (Å²) in [5, 5.41) is 0. The fraction of sp³-hybridized carbons (Fsp3) is 0.300. The van der Waals surface area contributed by atoms with E-state index in [1.807, 2.05) is 66.4 Å². The minimum absolute atomic E-state index is 0.0769. The summed E-state index contributed by atoms with van der Waals surface area (Å²) in [5.74, 6) is 0.840. The Bertz CT molecular complexity index is 791. The molecule has 1 amide bonds. The van der Waals surface area contributed by atoms with Crippen LogP contribution in [0.4, 0.5) is 0 Å². The molecular formula is C20H21N3O2. The number of carbonyl (C=O) groups excluding carboxylic acids is 1. The lowest BCUT2D eigenvalue weighted by Gasteiger charge is -2.35. The first-order chi connectivity index (χ1) is 12.2. The first-order valence-electron chi connectivity index (χ1n) is 8.60. The van der Waals surface area contributed by atoms with Crippen LogP contribution in [0.15, 0.2) is 59.6 Å². The largest absolute Gasteiger partial charge is 0.338 e. The number of aliphatic imine (C=N–C) groups is 1. The molecule has 2 aromatic rings. The van der Waals surface area contributed by atoms with Gasteiger partial charge >= 0.3 is 0 Å². The van der Waals surface area contributed by atoms with Gasteiger partial charge in [0, 0.05) is 37.1 Å². The fourth-order valence-corrected chi connectivity index (χ4v) is 3.26. The van der Waals surface area contributed by atoms with Gasteiger partial charge in [0.15, 0.2) is 11.6 Å². The van der Waals surface area contributed by atoms with E-state index in [1.54, 1.807) is 0 Å². The Morgan fingerprint density at radius 1 is 1.08 bits per heavy atom. The second-order valence-electron chi connectivity index (χ2n) is 6.63. The van der Waals surface area contributed by atoms with Gasteiger partial charge in [0.25, 0.3) is 5.91 Å². The quantitative estimate of drug-likeness (QED) is 0.918. The van der Waals surface area contributed by atoms with Gasteiger partial charge in [0.1, 0.15) is 0 Å². The summed E-state index contributed by atoms with van der Waals surface area (Å²) in [6.07, 6.45) is 1.38. The van der Waals surface area contributed by atoms with E-state index in [-0.39, 0.29) is 5.91 Å². The highest BCUT2D eigenvalue weighted by molar-refractivity contribution is 5.99. The molecule has 5 heteroatoms. The zero-order valence-electron chi connectivity index (χ0n) is 14.2. The van der Waals surface area contributed by atoms with Crippen molar-refractivity contribution in [3.63, 3.8) is 0 Å². The van der Waals surface area contributed by atoms with Crippen LogP contribution in [0.2, 0.25) is 0 Å². The third-order valence-electron chi connectivity index (χ3n) is 4.83. The Labute approximate surface area is 147 Å². The zero-order valence-corrected chi connectivity index (χ0v) is 14.2. The lowest BCUT2D eigenvalue weighted by Crippen LogP contribution is -2.46. The van der Waals surface area contributed by atoms with Crippen LogP contribution in [0.3, 0.4) is 0 Å². The number of hydrogen-bond acceptors (Lipinski definition) is 4. The van der Waals surface area contributed by atoms with Crippen molar-refractivity contribution in [2.75, 3.05) is 13.1 Å². The number of rotatable bonds is 2. The van der Waals surface area contributed by atoms with Crippen molar-refractivity contribution < 1.29 is 9.63 Å². The SMILES string of the molecule is Cc1ccc(C(=O)N2CCC3(CC2)N=C(c2ccccc2)NO3)cc1. The van der Waals surface area contributed by atoms with Crippen LogP contribution < -0.4 is 5.48 Å². The average Bonchev–Trinajstić information content (AvgIpc) is 3.07. The van der Waals surface area contributed by atoms with Gasteiger partial charge < -0.3 is 4.90 Å². The van der Waals surface area contributed by atoms with Crippen LogP contribution in [-0.4, -0.2) is 35.5 Å². The van der Waals surface area contributed by atoms with Gasteiger partial charge in [-0.2, -0.15) is 0 Å². The van der Waals surface area contributed by atoms with Gasteiger partial charge in [0.2, 0.25) is 0 Å². The lowest BCUT2D eigenvalue weighted by molar-refractivity contribution is -0.0849. The lowest BCUT2D eigenvalue weighted by atomic mass is 10.00. The highest BCUT2D eigenvalue weighted by Gasteiger charge is 2.41. The van der Waals surface area contributed by atoms with Crippen LogP contribution in [0, 0.1) is 6.92 Å². The van der Waals surface area contributed by atoms with Crippen LogP contribution in [-0.2, 0) is 4.84 Å². The predicted molar refractivity (Wildman–Crippen MR) is 96.2 cm³/mol.